The summed E-state index contributed by atoms with van der Waals surface area (Å²) >= 11 is 0. The molecule has 1 aliphatic carbocycles. The largest absolute Gasteiger partial charge is 0.508 e. The molecule has 0 aromatic heterocycles. The molecule has 1 aromatic rings. The maximum atomic E-state index is 9.89. The number of phenolic OH excluding ortho intramolecular Hbond substituents is 1. The molecule has 0 bridgehead atoms. The van der Waals surface area contributed by atoms with Gasteiger partial charge in [-0.05, 0) is 42.7 Å². The predicted molar refractivity (Wildman–Crippen MR) is 64.5 cm³/mol. The molecule has 1 aromatic carbocycles. The lowest BCUT2D eigenvalue weighted by Gasteiger charge is -2.23. The number of phenols is 1. The molecule has 16 heavy (non-hydrogen) atoms. The second-order valence-electron chi connectivity index (χ2n) is 4.72. The summed E-state index contributed by atoms with van der Waals surface area (Å²) in [5.74, 6) is 1.35. The molecule has 2 nitrogen and oxygen atoms in total. The van der Waals surface area contributed by atoms with Crippen molar-refractivity contribution in [3.05, 3.63) is 29.8 Å². The van der Waals surface area contributed by atoms with Gasteiger partial charge in [-0.25, -0.2) is 0 Å². The molecule has 0 aliphatic heterocycles. The Balaban J connectivity index is 2.21. The van der Waals surface area contributed by atoms with Gasteiger partial charge < -0.3 is 10.2 Å². The summed E-state index contributed by atoms with van der Waals surface area (Å²) in [7, 11) is 0. The van der Waals surface area contributed by atoms with Gasteiger partial charge in [0.2, 0.25) is 0 Å². The summed E-state index contributed by atoms with van der Waals surface area (Å²) < 4.78 is 0. The first-order valence-electron chi connectivity index (χ1n) is 6.21. The first-order chi connectivity index (χ1) is 7.83. The zero-order chi connectivity index (χ0) is 11.4. The van der Waals surface area contributed by atoms with Crippen LogP contribution in [0.3, 0.4) is 0 Å². The molecule has 1 atom stereocenters. The van der Waals surface area contributed by atoms with E-state index in [1.165, 1.54) is 25.7 Å². The monoisotopic (exact) mass is 220 g/mol. The predicted octanol–water partition coefficient (Wildman–Crippen LogP) is 3.05. The Morgan fingerprint density at radius 2 is 1.88 bits per heavy atom. The van der Waals surface area contributed by atoms with Crippen molar-refractivity contribution in [1.29, 1.82) is 0 Å². The summed E-state index contributed by atoms with van der Waals surface area (Å²) in [4.78, 5) is 0. The number of aliphatic hydroxyl groups is 1. The fraction of sp³-hybridized carbons (Fsp3) is 0.571. The molecular weight excluding hydrogens is 200 g/mol. The highest BCUT2D eigenvalue weighted by Gasteiger charge is 2.27. The van der Waals surface area contributed by atoms with Crippen molar-refractivity contribution in [2.45, 2.75) is 38.0 Å². The van der Waals surface area contributed by atoms with Crippen molar-refractivity contribution >= 4 is 0 Å². The number of para-hydroxylation sites is 1. The van der Waals surface area contributed by atoms with Gasteiger partial charge in [-0.3, -0.25) is 0 Å². The SMILES string of the molecule is OCCC(c1ccccc1O)C1CCCC1. The maximum absolute atomic E-state index is 9.89. The maximum Gasteiger partial charge on any atom is 0.119 e. The van der Waals surface area contributed by atoms with Crippen LogP contribution in [0.25, 0.3) is 0 Å². The van der Waals surface area contributed by atoms with Crippen LogP contribution in [-0.2, 0) is 0 Å². The molecule has 1 saturated carbocycles. The fourth-order valence-electron chi connectivity index (χ4n) is 2.95. The number of aromatic hydroxyl groups is 1. The first kappa shape index (κ1) is 11.5. The van der Waals surface area contributed by atoms with Crippen LogP contribution in [0.1, 0.15) is 43.6 Å². The normalized spacial score (nSPS) is 18.8. The van der Waals surface area contributed by atoms with Crippen LogP contribution in [0.2, 0.25) is 0 Å². The molecule has 2 heteroatoms. The Hall–Kier alpha value is -1.02. The van der Waals surface area contributed by atoms with Crippen LogP contribution in [0, 0.1) is 5.92 Å². The van der Waals surface area contributed by atoms with Gasteiger partial charge in [0.15, 0.2) is 0 Å². The highest BCUT2D eigenvalue weighted by atomic mass is 16.3. The van der Waals surface area contributed by atoms with E-state index in [9.17, 15) is 5.11 Å². The van der Waals surface area contributed by atoms with E-state index < -0.39 is 0 Å². The summed E-state index contributed by atoms with van der Waals surface area (Å²) in [5.41, 5.74) is 1.02. The van der Waals surface area contributed by atoms with Gasteiger partial charge in [-0.1, -0.05) is 31.0 Å². The molecule has 0 saturated heterocycles. The molecule has 88 valence electrons. The quantitative estimate of drug-likeness (QED) is 0.818. The van der Waals surface area contributed by atoms with Crippen LogP contribution >= 0.6 is 0 Å². The van der Waals surface area contributed by atoms with Crippen LogP contribution in [0.4, 0.5) is 0 Å². The van der Waals surface area contributed by atoms with Crippen molar-refractivity contribution in [1.82, 2.24) is 0 Å². The molecule has 2 rings (SSSR count). The van der Waals surface area contributed by atoms with E-state index in [0.717, 1.165) is 12.0 Å². The summed E-state index contributed by atoms with van der Waals surface area (Å²) in [5, 5.41) is 19.1. The Labute approximate surface area is 96.9 Å². The average molecular weight is 220 g/mol. The first-order valence-corrected chi connectivity index (χ1v) is 6.21. The zero-order valence-corrected chi connectivity index (χ0v) is 9.60. The lowest BCUT2D eigenvalue weighted by Crippen LogP contribution is -2.11. The van der Waals surface area contributed by atoms with E-state index in [1.807, 2.05) is 18.2 Å². The lowest BCUT2D eigenvalue weighted by atomic mass is 9.82. The second-order valence-corrected chi connectivity index (χ2v) is 4.72. The highest BCUT2D eigenvalue weighted by molar-refractivity contribution is 5.35. The Bertz CT molecular complexity index is 329. The van der Waals surface area contributed by atoms with E-state index in [0.29, 0.717) is 17.6 Å². The smallest absolute Gasteiger partial charge is 0.119 e. The molecule has 1 aliphatic rings. The van der Waals surface area contributed by atoms with E-state index >= 15 is 0 Å². The standard InChI is InChI=1S/C14H20O2/c15-10-9-12(11-5-1-2-6-11)13-7-3-4-8-14(13)16/h3-4,7-8,11-12,15-16H,1-2,5-6,9-10H2. The van der Waals surface area contributed by atoms with Gasteiger partial charge in [0.05, 0.1) is 0 Å². The van der Waals surface area contributed by atoms with E-state index in [1.54, 1.807) is 6.07 Å². The third kappa shape index (κ3) is 2.38. The highest BCUT2D eigenvalue weighted by Crippen LogP contribution is 2.41. The lowest BCUT2D eigenvalue weighted by molar-refractivity contribution is 0.252. The van der Waals surface area contributed by atoms with Crippen molar-refractivity contribution in [3.8, 4) is 5.75 Å². The number of rotatable bonds is 4. The molecule has 0 spiro atoms. The van der Waals surface area contributed by atoms with Gasteiger partial charge >= 0.3 is 0 Å². The van der Waals surface area contributed by atoms with Gasteiger partial charge in [-0.15, -0.1) is 0 Å². The molecular formula is C14H20O2. The third-order valence-corrected chi connectivity index (χ3v) is 3.75. The minimum atomic E-state index is 0.204. The Morgan fingerprint density at radius 1 is 1.19 bits per heavy atom. The second kappa shape index (κ2) is 5.35. The summed E-state index contributed by atoms with van der Waals surface area (Å²) in [6, 6.07) is 7.56. The minimum absolute atomic E-state index is 0.204. The van der Waals surface area contributed by atoms with Crippen molar-refractivity contribution < 1.29 is 10.2 Å². The number of aliphatic hydroxyl groups excluding tert-OH is 1. The molecule has 0 radical (unpaired) electrons. The Morgan fingerprint density at radius 3 is 2.50 bits per heavy atom. The third-order valence-electron chi connectivity index (χ3n) is 3.75. The molecule has 1 fully saturated rings. The van der Waals surface area contributed by atoms with Gasteiger partial charge in [0.1, 0.15) is 5.75 Å². The zero-order valence-electron chi connectivity index (χ0n) is 9.60. The van der Waals surface area contributed by atoms with Gasteiger partial charge in [0.25, 0.3) is 0 Å². The Kier molecular flexibility index (Phi) is 3.83. The molecule has 0 amide bonds. The van der Waals surface area contributed by atoms with Crippen molar-refractivity contribution in [2.75, 3.05) is 6.61 Å². The van der Waals surface area contributed by atoms with E-state index in [4.69, 9.17) is 5.11 Å². The minimum Gasteiger partial charge on any atom is -0.508 e. The van der Waals surface area contributed by atoms with E-state index in [2.05, 4.69) is 0 Å². The number of hydrogen-bond donors (Lipinski definition) is 2. The summed E-state index contributed by atoms with van der Waals surface area (Å²) in [6.07, 6.45) is 5.82. The van der Waals surface area contributed by atoms with E-state index in [-0.39, 0.29) is 6.61 Å². The molecule has 0 heterocycles. The number of benzene rings is 1. The molecule has 1 unspecified atom stereocenters. The molecule has 2 N–H and O–H groups in total. The average Bonchev–Trinajstić information content (AvgIpc) is 2.80. The number of hydrogen-bond acceptors (Lipinski definition) is 2. The van der Waals surface area contributed by atoms with Crippen molar-refractivity contribution in [2.24, 2.45) is 5.92 Å². The van der Waals surface area contributed by atoms with Crippen LogP contribution < -0.4 is 0 Å². The van der Waals surface area contributed by atoms with Gasteiger partial charge in [0, 0.05) is 6.61 Å². The van der Waals surface area contributed by atoms with Crippen LogP contribution in [0.15, 0.2) is 24.3 Å². The van der Waals surface area contributed by atoms with Gasteiger partial charge in [-0.2, -0.15) is 0 Å². The van der Waals surface area contributed by atoms with Crippen LogP contribution in [0.5, 0.6) is 5.75 Å². The fourth-order valence-corrected chi connectivity index (χ4v) is 2.95. The van der Waals surface area contributed by atoms with Crippen molar-refractivity contribution in [3.63, 3.8) is 0 Å². The summed E-state index contributed by atoms with van der Waals surface area (Å²) in [6.45, 7) is 0.204. The topological polar surface area (TPSA) is 40.5 Å². The van der Waals surface area contributed by atoms with Crippen LogP contribution in [-0.4, -0.2) is 16.8 Å².